The Bertz CT molecular complexity index is 817. The van der Waals surface area contributed by atoms with Crippen LogP contribution in [-0.4, -0.2) is 62.3 Å². The van der Waals surface area contributed by atoms with E-state index in [2.05, 4.69) is 5.32 Å². The lowest BCUT2D eigenvalue weighted by atomic mass is 10.2. The summed E-state index contributed by atoms with van der Waals surface area (Å²) in [6.07, 6.45) is -2.34. The van der Waals surface area contributed by atoms with Crippen molar-refractivity contribution in [2.24, 2.45) is 5.92 Å². The molecule has 1 amide bonds. The second-order valence-corrected chi connectivity index (χ2v) is 9.34. The van der Waals surface area contributed by atoms with Crippen LogP contribution in [0.1, 0.15) is 25.3 Å². The lowest BCUT2D eigenvalue weighted by molar-refractivity contribution is -0.137. The number of carbonyl (C=O) groups is 1. The molecule has 1 aliphatic carbocycles. The summed E-state index contributed by atoms with van der Waals surface area (Å²) in [5.41, 5.74) is -0.992. The maximum Gasteiger partial charge on any atom is 0.416 e. The van der Waals surface area contributed by atoms with Crippen LogP contribution >= 0.6 is 0 Å². The third-order valence-electron chi connectivity index (χ3n) is 5.22. The summed E-state index contributed by atoms with van der Waals surface area (Å²) in [5.74, 6) is 0.465. The van der Waals surface area contributed by atoms with Gasteiger partial charge in [0.15, 0.2) is 0 Å². The predicted molar refractivity (Wildman–Crippen MR) is 97.0 cm³/mol. The smallest absolute Gasteiger partial charge is 0.352 e. The Morgan fingerprint density at radius 3 is 2.43 bits per heavy atom. The van der Waals surface area contributed by atoms with Gasteiger partial charge in [-0.3, -0.25) is 9.69 Å². The van der Waals surface area contributed by atoms with Gasteiger partial charge in [0.25, 0.3) is 0 Å². The van der Waals surface area contributed by atoms with E-state index >= 15 is 0 Å². The first-order chi connectivity index (χ1) is 13.1. The van der Waals surface area contributed by atoms with E-state index in [1.54, 1.807) is 0 Å². The first kappa shape index (κ1) is 21.1. The minimum atomic E-state index is -4.60. The van der Waals surface area contributed by atoms with Crippen LogP contribution in [0.4, 0.5) is 13.2 Å². The number of hydrogen-bond acceptors (Lipinski definition) is 4. The first-order valence-corrected chi connectivity index (χ1v) is 10.7. The van der Waals surface area contributed by atoms with Crippen molar-refractivity contribution in [3.05, 3.63) is 29.8 Å². The Labute approximate surface area is 162 Å². The summed E-state index contributed by atoms with van der Waals surface area (Å²) in [5, 5.41) is 2.96. The Morgan fingerprint density at radius 1 is 1.21 bits per heavy atom. The molecule has 1 N–H and O–H groups in total. The Morgan fingerprint density at radius 2 is 1.86 bits per heavy atom. The van der Waals surface area contributed by atoms with Crippen LogP contribution in [0.2, 0.25) is 0 Å². The molecular weight excluding hydrogens is 395 g/mol. The van der Waals surface area contributed by atoms with Crippen molar-refractivity contribution in [2.45, 2.75) is 36.9 Å². The highest BCUT2D eigenvalue weighted by molar-refractivity contribution is 7.89. The molecule has 6 nitrogen and oxygen atoms in total. The summed E-state index contributed by atoms with van der Waals surface area (Å²) in [6.45, 7) is 3.13. The largest absolute Gasteiger partial charge is 0.416 e. The van der Waals surface area contributed by atoms with Crippen molar-refractivity contribution in [1.29, 1.82) is 0 Å². The van der Waals surface area contributed by atoms with E-state index in [1.165, 1.54) is 10.4 Å². The molecule has 3 rings (SSSR count). The van der Waals surface area contributed by atoms with Gasteiger partial charge in [0.05, 0.1) is 17.0 Å². The molecule has 1 heterocycles. The summed E-state index contributed by atoms with van der Waals surface area (Å²) in [6, 6.07) is 3.92. The third-order valence-corrected chi connectivity index (χ3v) is 7.11. The van der Waals surface area contributed by atoms with E-state index in [4.69, 9.17) is 0 Å². The molecule has 1 saturated heterocycles. The van der Waals surface area contributed by atoms with Crippen molar-refractivity contribution in [3.8, 4) is 0 Å². The van der Waals surface area contributed by atoms with E-state index in [0.29, 0.717) is 25.1 Å². The summed E-state index contributed by atoms with van der Waals surface area (Å²) in [7, 11) is -4.01. The van der Waals surface area contributed by atoms with E-state index < -0.39 is 21.8 Å². The van der Waals surface area contributed by atoms with Crippen LogP contribution in [0, 0.1) is 5.92 Å². The van der Waals surface area contributed by atoms with Gasteiger partial charge in [0.2, 0.25) is 15.9 Å². The van der Waals surface area contributed by atoms with E-state index in [9.17, 15) is 26.4 Å². The van der Waals surface area contributed by atoms with Crippen LogP contribution < -0.4 is 5.32 Å². The highest BCUT2D eigenvalue weighted by Crippen LogP contribution is 2.32. The monoisotopic (exact) mass is 419 g/mol. The van der Waals surface area contributed by atoms with E-state index in [-0.39, 0.29) is 36.5 Å². The van der Waals surface area contributed by atoms with Gasteiger partial charge < -0.3 is 5.32 Å². The average molecular weight is 419 g/mol. The van der Waals surface area contributed by atoms with Crippen molar-refractivity contribution in [3.63, 3.8) is 0 Å². The molecule has 0 spiro atoms. The zero-order valence-corrected chi connectivity index (χ0v) is 16.4. The lowest BCUT2D eigenvalue weighted by Gasteiger charge is -2.33. The second-order valence-electron chi connectivity index (χ2n) is 7.40. The van der Waals surface area contributed by atoms with Crippen LogP contribution in [0.25, 0.3) is 0 Å². The van der Waals surface area contributed by atoms with Crippen LogP contribution in [0.15, 0.2) is 29.2 Å². The zero-order valence-electron chi connectivity index (χ0n) is 15.6. The van der Waals surface area contributed by atoms with Crippen molar-refractivity contribution >= 4 is 15.9 Å². The lowest BCUT2D eigenvalue weighted by Crippen LogP contribution is -2.51. The number of sulfonamides is 1. The number of piperazine rings is 1. The number of nitrogens with one attached hydrogen (secondary N) is 1. The molecule has 0 aromatic heterocycles. The Hall–Kier alpha value is -1.65. The highest BCUT2D eigenvalue weighted by Gasteiger charge is 2.34. The first-order valence-electron chi connectivity index (χ1n) is 9.26. The molecule has 1 saturated carbocycles. The van der Waals surface area contributed by atoms with Crippen molar-refractivity contribution in [2.75, 3.05) is 32.7 Å². The number of amides is 1. The van der Waals surface area contributed by atoms with Crippen LogP contribution in [0.3, 0.4) is 0 Å². The standard InChI is InChI=1S/C18H24F3N3O3S/c1-13(14-5-6-14)22-17(25)12-23-7-9-24(10-8-23)28(26,27)16-4-2-3-15(11-16)18(19,20)21/h2-4,11,13-14H,5-10,12H2,1H3,(H,22,25). The molecule has 10 heteroatoms. The second kappa shape index (κ2) is 8.00. The SMILES string of the molecule is CC(NC(=O)CN1CCN(S(=O)(=O)c2cccc(C(F)(F)F)c2)CC1)C1CC1. The number of nitrogens with zero attached hydrogens (tertiary/aromatic N) is 2. The molecule has 2 fully saturated rings. The molecular formula is C18H24F3N3O3S. The molecule has 0 bridgehead atoms. The third kappa shape index (κ3) is 5.03. The van der Waals surface area contributed by atoms with E-state index in [1.807, 2.05) is 11.8 Å². The number of hydrogen-bond donors (Lipinski definition) is 1. The summed E-state index contributed by atoms with van der Waals surface area (Å²) in [4.78, 5) is 13.6. The van der Waals surface area contributed by atoms with E-state index in [0.717, 1.165) is 25.0 Å². The molecule has 1 atom stereocenters. The minimum absolute atomic E-state index is 0.0893. The molecule has 2 aliphatic rings. The molecule has 1 unspecified atom stereocenters. The zero-order chi connectivity index (χ0) is 20.5. The molecule has 1 aromatic rings. The number of halogens is 3. The summed E-state index contributed by atoms with van der Waals surface area (Å²) >= 11 is 0. The summed E-state index contributed by atoms with van der Waals surface area (Å²) < 4.78 is 65.1. The Kier molecular flexibility index (Phi) is 6.02. The topological polar surface area (TPSA) is 69.7 Å². The molecule has 1 aromatic carbocycles. The number of carbonyl (C=O) groups excluding carboxylic acids is 1. The maximum absolute atomic E-state index is 12.9. The number of rotatable bonds is 6. The predicted octanol–water partition coefficient (Wildman–Crippen LogP) is 1.93. The van der Waals surface area contributed by atoms with Gasteiger partial charge in [-0.1, -0.05) is 6.07 Å². The molecule has 156 valence electrons. The van der Waals surface area contributed by atoms with Gasteiger partial charge in [0, 0.05) is 32.2 Å². The van der Waals surface area contributed by atoms with Crippen molar-refractivity contribution in [1.82, 2.24) is 14.5 Å². The van der Waals surface area contributed by atoms with Crippen LogP contribution in [0.5, 0.6) is 0 Å². The van der Waals surface area contributed by atoms with Gasteiger partial charge in [-0.15, -0.1) is 0 Å². The number of benzene rings is 1. The van der Waals surface area contributed by atoms with Gasteiger partial charge in [-0.2, -0.15) is 17.5 Å². The normalized spacial score (nSPS) is 20.7. The maximum atomic E-state index is 12.9. The quantitative estimate of drug-likeness (QED) is 0.765. The Balaban J connectivity index is 1.57. The van der Waals surface area contributed by atoms with Gasteiger partial charge in [-0.05, 0) is 43.9 Å². The number of alkyl halides is 3. The van der Waals surface area contributed by atoms with Crippen LogP contribution in [-0.2, 0) is 21.0 Å². The molecule has 0 radical (unpaired) electrons. The molecule has 1 aliphatic heterocycles. The average Bonchev–Trinajstić information content (AvgIpc) is 3.46. The highest BCUT2D eigenvalue weighted by atomic mass is 32.2. The minimum Gasteiger partial charge on any atom is -0.352 e. The fourth-order valence-electron chi connectivity index (χ4n) is 3.33. The van der Waals surface area contributed by atoms with Crippen molar-refractivity contribution < 1.29 is 26.4 Å². The molecule has 28 heavy (non-hydrogen) atoms. The van der Waals surface area contributed by atoms with Gasteiger partial charge >= 0.3 is 6.18 Å². The fraction of sp³-hybridized carbons (Fsp3) is 0.611. The fourth-order valence-corrected chi connectivity index (χ4v) is 4.80. The van der Waals surface area contributed by atoms with Gasteiger partial charge in [0.1, 0.15) is 0 Å². The van der Waals surface area contributed by atoms with Gasteiger partial charge in [-0.25, -0.2) is 8.42 Å².